The lowest BCUT2D eigenvalue weighted by atomic mass is 9.98. The van der Waals surface area contributed by atoms with Crippen LogP contribution in [0.3, 0.4) is 0 Å². The lowest BCUT2D eigenvalue weighted by Crippen LogP contribution is -2.23. The molecule has 0 bridgehead atoms. The highest BCUT2D eigenvalue weighted by molar-refractivity contribution is 14.1. The van der Waals surface area contributed by atoms with Gasteiger partial charge in [-0.3, -0.25) is 0 Å². The molecule has 18 heavy (non-hydrogen) atoms. The highest BCUT2D eigenvalue weighted by Crippen LogP contribution is 2.26. The van der Waals surface area contributed by atoms with Crippen molar-refractivity contribution in [2.45, 2.75) is 39.2 Å². The fourth-order valence-corrected chi connectivity index (χ4v) is 2.68. The molecular formula is C15H21FIN. The maximum absolute atomic E-state index is 13.1. The van der Waals surface area contributed by atoms with Gasteiger partial charge in [-0.15, -0.1) is 0 Å². The summed E-state index contributed by atoms with van der Waals surface area (Å²) in [6.45, 7) is 9.31. The predicted octanol–water partition coefficient (Wildman–Crippen LogP) is 4.83. The van der Waals surface area contributed by atoms with E-state index in [1.807, 2.05) is 6.07 Å². The molecule has 0 heterocycles. The average Bonchev–Trinajstić information content (AvgIpc) is 2.34. The highest BCUT2D eigenvalue weighted by Gasteiger charge is 2.15. The molecule has 1 unspecified atom stereocenters. The van der Waals surface area contributed by atoms with Crippen LogP contribution in [0.5, 0.6) is 0 Å². The molecule has 0 saturated carbocycles. The van der Waals surface area contributed by atoms with Crippen LogP contribution in [0.2, 0.25) is 0 Å². The Morgan fingerprint density at radius 1 is 1.44 bits per heavy atom. The Kier molecular flexibility index (Phi) is 6.86. The van der Waals surface area contributed by atoms with Gasteiger partial charge in [-0.1, -0.05) is 32.1 Å². The Bertz CT molecular complexity index is 403. The van der Waals surface area contributed by atoms with Crippen molar-refractivity contribution in [2.24, 2.45) is 0 Å². The highest BCUT2D eigenvalue weighted by atomic mass is 127. The van der Waals surface area contributed by atoms with Gasteiger partial charge in [-0.05, 0) is 66.1 Å². The van der Waals surface area contributed by atoms with Gasteiger partial charge in [0.05, 0.1) is 0 Å². The molecule has 1 rings (SSSR count). The van der Waals surface area contributed by atoms with Crippen molar-refractivity contribution >= 4 is 22.6 Å². The molecular weight excluding hydrogens is 340 g/mol. The molecule has 0 fully saturated rings. The summed E-state index contributed by atoms with van der Waals surface area (Å²) in [6.07, 6.45) is 2.99. The van der Waals surface area contributed by atoms with Crippen LogP contribution in [0.15, 0.2) is 30.4 Å². The van der Waals surface area contributed by atoms with Crippen LogP contribution in [0.25, 0.3) is 0 Å². The third-order valence-electron chi connectivity index (χ3n) is 2.97. The molecule has 0 aromatic heterocycles. The normalized spacial score (nSPS) is 12.4. The summed E-state index contributed by atoms with van der Waals surface area (Å²) in [5, 5.41) is 3.52. The molecule has 100 valence electrons. The van der Waals surface area contributed by atoms with Crippen molar-refractivity contribution in [3.63, 3.8) is 0 Å². The first-order valence-electron chi connectivity index (χ1n) is 6.43. The molecule has 0 aliphatic rings. The maximum Gasteiger partial charge on any atom is 0.124 e. The molecule has 0 spiro atoms. The summed E-state index contributed by atoms with van der Waals surface area (Å²) in [4.78, 5) is 0. The van der Waals surface area contributed by atoms with E-state index in [1.165, 1.54) is 17.2 Å². The molecule has 0 saturated heterocycles. The first-order chi connectivity index (χ1) is 8.58. The van der Waals surface area contributed by atoms with Gasteiger partial charge in [0.25, 0.3) is 0 Å². The van der Waals surface area contributed by atoms with Crippen molar-refractivity contribution in [3.05, 3.63) is 45.3 Å². The van der Waals surface area contributed by atoms with Gasteiger partial charge < -0.3 is 5.32 Å². The second-order valence-corrected chi connectivity index (χ2v) is 5.64. The zero-order valence-electron chi connectivity index (χ0n) is 11.1. The quantitative estimate of drug-likeness (QED) is 0.542. The number of hydrogen-bond acceptors (Lipinski definition) is 1. The zero-order chi connectivity index (χ0) is 13.5. The van der Waals surface area contributed by atoms with Crippen LogP contribution in [0, 0.1) is 9.39 Å². The molecule has 1 nitrogen and oxygen atoms in total. The van der Waals surface area contributed by atoms with Gasteiger partial charge in [0.1, 0.15) is 5.82 Å². The fourth-order valence-electron chi connectivity index (χ4n) is 1.83. The van der Waals surface area contributed by atoms with Crippen molar-refractivity contribution in [1.29, 1.82) is 0 Å². The van der Waals surface area contributed by atoms with Crippen LogP contribution in [-0.2, 0) is 0 Å². The van der Waals surface area contributed by atoms with Crippen LogP contribution in [0.1, 0.15) is 44.7 Å². The van der Waals surface area contributed by atoms with Gasteiger partial charge in [-0.25, -0.2) is 4.39 Å². The summed E-state index contributed by atoms with van der Waals surface area (Å²) in [7, 11) is 0. The van der Waals surface area contributed by atoms with Crippen LogP contribution >= 0.6 is 22.6 Å². The molecule has 1 N–H and O–H groups in total. The number of hydrogen-bond donors (Lipinski definition) is 1. The average molecular weight is 361 g/mol. The molecule has 0 amide bonds. The third kappa shape index (κ3) is 4.69. The smallest absolute Gasteiger partial charge is 0.124 e. The zero-order valence-corrected chi connectivity index (χ0v) is 13.3. The Hall–Kier alpha value is -0.420. The number of halogens is 2. The summed E-state index contributed by atoms with van der Waals surface area (Å²) in [5.74, 6) is -0.174. The molecule has 0 aliphatic heterocycles. The molecule has 0 radical (unpaired) electrons. The maximum atomic E-state index is 13.1. The van der Waals surface area contributed by atoms with E-state index < -0.39 is 0 Å². The summed E-state index contributed by atoms with van der Waals surface area (Å²) < 4.78 is 14.1. The van der Waals surface area contributed by atoms with E-state index >= 15 is 0 Å². The van der Waals surface area contributed by atoms with Crippen molar-refractivity contribution in [3.8, 4) is 0 Å². The van der Waals surface area contributed by atoms with Crippen LogP contribution < -0.4 is 5.32 Å². The number of benzene rings is 1. The summed E-state index contributed by atoms with van der Waals surface area (Å²) in [5.41, 5.74) is 2.39. The first kappa shape index (κ1) is 15.6. The Morgan fingerprint density at radius 2 is 2.17 bits per heavy atom. The Labute approximate surface area is 123 Å². The van der Waals surface area contributed by atoms with E-state index in [-0.39, 0.29) is 11.9 Å². The third-order valence-corrected chi connectivity index (χ3v) is 3.91. The number of nitrogens with one attached hydrogen (secondary N) is 1. The van der Waals surface area contributed by atoms with Gasteiger partial charge in [-0.2, -0.15) is 0 Å². The Balaban J connectivity index is 2.89. The van der Waals surface area contributed by atoms with Crippen molar-refractivity contribution in [1.82, 2.24) is 5.32 Å². The van der Waals surface area contributed by atoms with Gasteiger partial charge in [0, 0.05) is 9.61 Å². The van der Waals surface area contributed by atoms with Gasteiger partial charge in [0.15, 0.2) is 0 Å². The molecule has 3 heteroatoms. The second kappa shape index (κ2) is 7.89. The Morgan fingerprint density at radius 3 is 2.72 bits per heavy atom. The monoisotopic (exact) mass is 361 g/mol. The topological polar surface area (TPSA) is 12.0 Å². The predicted molar refractivity (Wildman–Crippen MR) is 84.2 cm³/mol. The lowest BCUT2D eigenvalue weighted by Gasteiger charge is -2.21. The van der Waals surface area contributed by atoms with E-state index in [0.717, 1.165) is 29.4 Å². The minimum absolute atomic E-state index is 0.174. The molecule has 1 aromatic rings. The van der Waals surface area contributed by atoms with E-state index in [9.17, 15) is 4.39 Å². The second-order valence-electron chi connectivity index (χ2n) is 4.48. The SMILES string of the molecule is C=C(CC)CC(NCCC)c1ccc(F)cc1I. The van der Waals surface area contributed by atoms with E-state index in [0.29, 0.717) is 0 Å². The summed E-state index contributed by atoms with van der Waals surface area (Å²) in [6, 6.07) is 5.25. The molecule has 1 aromatic carbocycles. The molecule has 1 atom stereocenters. The molecule has 0 aliphatic carbocycles. The van der Waals surface area contributed by atoms with E-state index in [2.05, 4.69) is 48.3 Å². The van der Waals surface area contributed by atoms with Gasteiger partial charge in [0.2, 0.25) is 0 Å². The minimum Gasteiger partial charge on any atom is -0.310 e. The number of rotatable bonds is 7. The van der Waals surface area contributed by atoms with Crippen molar-refractivity contribution in [2.75, 3.05) is 6.54 Å². The van der Waals surface area contributed by atoms with Crippen LogP contribution in [-0.4, -0.2) is 6.54 Å². The minimum atomic E-state index is -0.174. The lowest BCUT2D eigenvalue weighted by molar-refractivity contribution is 0.520. The van der Waals surface area contributed by atoms with E-state index in [4.69, 9.17) is 0 Å². The fraction of sp³-hybridized carbons (Fsp3) is 0.467. The van der Waals surface area contributed by atoms with E-state index in [1.54, 1.807) is 6.07 Å². The van der Waals surface area contributed by atoms with Crippen molar-refractivity contribution < 1.29 is 4.39 Å². The first-order valence-corrected chi connectivity index (χ1v) is 7.51. The van der Waals surface area contributed by atoms with Gasteiger partial charge >= 0.3 is 0 Å². The van der Waals surface area contributed by atoms with Crippen LogP contribution in [0.4, 0.5) is 4.39 Å². The standard InChI is InChI=1S/C15H21FIN/c1-4-8-18-15(9-11(3)5-2)13-7-6-12(16)10-14(13)17/h6-7,10,15,18H,3-5,8-9H2,1-2H3. The largest absolute Gasteiger partial charge is 0.310 e. The summed E-state index contributed by atoms with van der Waals surface area (Å²) >= 11 is 2.20.